The number of sulfonamides is 1. The van der Waals surface area contributed by atoms with Crippen LogP contribution in [0.3, 0.4) is 0 Å². The van der Waals surface area contributed by atoms with Crippen molar-refractivity contribution in [3.05, 3.63) is 36.1 Å². The Morgan fingerprint density at radius 3 is 2.39 bits per heavy atom. The molecule has 10 heteroatoms. The first-order valence-corrected chi connectivity index (χ1v) is 15.4. The molecule has 0 spiro atoms. The summed E-state index contributed by atoms with van der Waals surface area (Å²) in [7, 11) is -2.32. The van der Waals surface area contributed by atoms with E-state index >= 15 is 0 Å². The molecule has 9 nitrogen and oxygen atoms in total. The topological polar surface area (TPSA) is 114 Å². The Balaban J connectivity index is 1.40. The van der Waals surface area contributed by atoms with Crippen molar-refractivity contribution in [3.63, 3.8) is 0 Å². The second-order valence-corrected chi connectivity index (χ2v) is 12.4. The molecule has 1 aliphatic heterocycles. The van der Waals surface area contributed by atoms with Gasteiger partial charge in [-0.3, -0.25) is 4.79 Å². The van der Waals surface area contributed by atoms with Gasteiger partial charge in [0.2, 0.25) is 16.3 Å². The number of ether oxygens (including phenoxy) is 3. The standard InChI is InChI=1S/C28H42N2O7S/c1-35-24-11-13-25(14-12-24)38(33,34)30(15-17-31)16-18-36-27-20-22(21-7-3-2-4-8-21)19-26(37-27)28(32)29-23-9-5-6-10-23/h11-14,19,21-23,27,31H,2-10,15-18,20H2,1H3,(H,29,32)/t22-,27+/m1/s1. The largest absolute Gasteiger partial charge is 0.497 e. The summed E-state index contributed by atoms with van der Waals surface area (Å²) >= 11 is 0. The monoisotopic (exact) mass is 550 g/mol. The highest BCUT2D eigenvalue weighted by atomic mass is 32.2. The number of rotatable bonds is 12. The first kappa shape index (κ1) is 28.9. The van der Waals surface area contributed by atoms with E-state index in [9.17, 15) is 18.3 Å². The maximum atomic E-state index is 13.2. The fraction of sp³-hybridized carbons (Fsp3) is 0.679. The number of aliphatic hydroxyl groups excluding tert-OH is 1. The number of amides is 1. The second-order valence-electron chi connectivity index (χ2n) is 10.5. The molecule has 0 aromatic heterocycles. The quantitative estimate of drug-likeness (QED) is 0.409. The lowest BCUT2D eigenvalue weighted by Gasteiger charge is -2.35. The zero-order chi connectivity index (χ0) is 27.0. The number of allylic oxidation sites excluding steroid dienone is 1. The molecule has 0 bridgehead atoms. The first-order valence-electron chi connectivity index (χ1n) is 14.0. The third-order valence-electron chi connectivity index (χ3n) is 7.95. The SMILES string of the molecule is COc1ccc(S(=O)(=O)N(CCO)CCO[C@@H]2C[C@H](C3CCCCC3)C=C(C(=O)NC3CCCC3)O2)cc1. The molecular weight excluding hydrogens is 508 g/mol. The Kier molecular flexibility index (Phi) is 10.5. The molecule has 2 saturated carbocycles. The van der Waals surface area contributed by atoms with E-state index in [1.165, 1.54) is 42.8 Å². The van der Waals surface area contributed by atoms with Gasteiger partial charge < -0.3 is 24.6 Å². The van der Waals surface area contributed by atoms with Gasteiger partial charge in [-0.2, -0.15) is 4.31 Å². The van der Waals surface area contributed by atoms with Crippen molar-refractivity contribution < 1.29 is 32.5 Å². The van der Waals surface area contributed by atoms with Crippen LogP contribution >= 0.6 is 0 Å². The van der Waals surface area contributed by atoms with Crippen LogP contribution in [-0.2, 0) is 24.3 Å². The van der Waals surface area contributed by atoms with E-state index < -0.39 is 16.3 Å². The summed E-state index contributed by atoms with van der Waals surface area (Å²) in [4.78, 5) is 13.2. The number of hydrogen-bond donors (Lipinski definition) is 2. The van der Waals surface area contributed by atoms with E-state index in [0.29, 0.717) is 23.8 Å². The van der Waals surface area contributed by atoms with E-state index in [0.717, 1.165) is 38.5 Å². The number of nitrogens with zero attached hydrogens (tertiary/aromatic N) is 1. The van der Waals surface area contributed by atoms with E-state index in [-0.39, 0.29) is 49.1 Å². The number of hydrogen-bond acceptors (Lipinski definition) is 7. The van der Waals surface area contributed by atoms with Gasteiger partial charge in [0.15, 0.2) is 5.76 Å². The van der Waals surface area contributed by atoms with Gasteiger partial charge in [-0.25, -0.2) is 8.42 Å². The molecule has 0 saturated heterocycles. The van der Waals surface area contributed by atoms with Gasteiger partial charge in [-0.1, -0.05) is 32.1 Å². The summed E-state index contributed by atoms with van der Waals surface area (Å²) in [5, 5.41) is 12.6. The van der Waals surface area contributed by atoms with Gasteiger partial charge >= 0.3 is 0 Å². The van der Waals surface area contributed by atoms with E-state index in [2.05, 4.69) is 5.32 Å². The van der Waals surface area contributed by atoms with Crippen molar-refractivity contribution in [2.45, 2.75) is 81.4 Å². The molecule has 1 aromatic carbocycles. The van der Waals surface area contributed by atoms with Gasteiger partial charge in [0.1, 0.15) is 5.75 Å². The van der Waals surface area contributed by atoms with Gasteiger partial charge in [0.25, 0.3) is 5.91 Å². The molecule has 2 fully saturated rings. The second kappa shape index (κ2) is 13.8. The van der Waals surface area contributed by atoms with Crippen LogP contribution < -0.4 is 10.1 Å². The van der Waals surface area contributed by atoms with Gasteiger partial charge in [0.05, 0.1) is 25.2 Å². The van der Waals surface area contributed by atoms with Crippen LogP contribution in [0.1, 0.15) is 64.2 Å². The minimum absolute atomic E-state index is 0.0518. The van der Waals surface area contributed by atoms with E-state index in [4.69, 9.17) is 14.2 Å². The van der Waals surface area contributed by atoms with Gasteiger partial charge in [-0.05, 0) is 67.9 Å². The highest BCUT2D eigenvalue weighted by molar-refractivity contribution is 7.89. The first-order chi connectivity index (χ1) is 18.4. The number of carbonyl (C=O) groups excluding carboxylic acids is 1. The van der Waals surface area contributed by atoms with Crippen molar-refractivity contribution in [3.8, 4) is 5.75 Å². The van der Waals surface area contributed by atoms with E-state index in [1.54, 1.807) is 12.1 Å². The maximum absolute atomic E-state index is 13.2. The fourth-order valence-electron chi connectivity index (χ4n) is 5.81. The lowest BCUT2D eigenvalue weighted by atomic mass is 9.77. The summed E-state index contributed by atoms with van der Waals surface area (Å²) in [6.07, 6.45) is 12.2. The summed E-state index contributed by atoms with van der Waals surface area (Å²) in [5.41, 5.74) is 0. The Labute approximate surface area is 226 Å². The zero-order valence-electron chi connectivity index (χ0n) is 22.3. The summed E-state index contributed by atoms with van der Waals surface area (Å²) in [6, 6.07) is 6.34. The molecule has 1 heterocycles. The molecule has 38 heavy (non-hydrogen) atoms. The molecule has 212 valence electrons. The molecular formula is C28H42N2O7S. The van der Waals surface area contributed by atoms with Crippen LogP contribution in [0.4, 0.5) is 0 Å². The molecule has 2 N–H and O–H groups in total. The van der Waals surface area contributed by atoms with Crippen LogP contribution in [0.5, 0.6) is 5.75 Å². The summed E-state index contributed by atoms with van der Waals surface area (Å²) in [5.74, 6) is 1.38. The van der Waals surface area contributed by atoms with Crippen molar-refractivity contribution in [2.24, 2.45) is 11.8 Å². The van der Waals surface area contributed by atoms with E-state index in [1.807, 2.05) is 6.08 Å². The molecule has 3 aliphatic rings. The van der Waals surface area contributed by atoms with Crippen molar-refractivity contribution in [2.75, 3.05) is 33.4 Å². The van der Waals surface area contributed by atoms with Crippen molar-refractivity contribution in [1.29, 1.82) is 0 Å². The van der Waals surface area contributed by atoms with Crippen LogP contribution in [-0.4, -0.2) is 69.5 Å². The van der Waals surface area contributed by atoms with Crippen LogP contribution in [0.25, 0.3) is 0 Å². The Hall–Kier alpha value is -2.14. The average Bonchev–Trinajstić information content (AvgIpc) is 3.46. The summed E-state index contributed by atoms with van der Waals surface area (Å²) < 4.78 is 44.8. The zero-order valence-corrected chi connectivity index (χ0v) is 23.2. The number of methoxy groups -OCH3 is 1. The average molecular weight is 551 g/mol. The summed E-state index contributed by atoms with van der Waals surface area (Å²) in [6.45, 7) is -0.235. The Morgan fingerprint density at radius 2 is 1.74 bits per heavy atom. The molecule has 1 aromatic rings. The predicted octanol–water partition coefficient (Wildman–Crippen LogP) is 3.58. The molecule has 2 atom stereocenters. The number of nitrogens with one attached hydrogen (secondary N) is 1. The molecule has 4 rings (SSSR count). The van der Waals surface area contributed by atoms with Gasteiger partial charge in [0, 0.05) is 25.6 Å². The number of benzene rings is 1. The minimum Gasteiger partial charge on any atom is -0.497 e. The third-order valence-corrected chi connectivity index (χ3v) is 9.86. The predicted molar refractivity (Wildman–Crippen MR) is 143 cm³/mol. The molecule has 2 aliphatic carbocycles. The van der Waals surface area contributed by atoms with Crippen molar-refractivity contribution in [1.82, 2.24) is 9.62 Å². The van der Waals surface area contributed by atoms with Crippen LogP contribution in [0.2, 0.25) is 0 Å². The Bertz CT molecular complexity index is 1030. The molecule has 0 radical (unpaired) electrons. The highest BCUT2D eigenvalue weighted by Crippen LogP contribution is 2.37. The highest BCUT2D eigenvalue weighted by Gasteiger charge is 2.34. The number of aliphatic hydroxyl groups is 1. The fourth-order valence-corrected chi connectivity index (χ4v) is 7.22. The maximum Gasteiger partial charge on any atom is 0.286 e. The van der Waals surface area contributed by atoms with Crippen molar-refractivity contribution >= 4 is 15.9 Å². The van der Waals surface area contributed by atoms with Crippen LogP contribution in [0.15, 0.2) is 41.0 Å². The molecule has 0 unspecified atom stereocenters. The number of carbonyl (C=O) groups is 1. The molecule has 1 amide bonds. The smallest absolute Gasteiger partial charge is 0.286 e. The van der Waals surface area contributed by atoms with Crippen LogP contribution in [0, 0.1) is 11.8 Å². The third kappa shape index (κ3) is 7.49. The lowest BCUT2D eigenvalue weighted by molar-refractivity contribution is -0.152. The van der Waals surface area contributed by atoms with Gasteiger partial charge in [-0.15, -0.1) is 0 Å². The normalized spacial score (nSPS) is 23.2. The minimum atomic E-state index is -3.84. The Morgan fingerprint density at radius 1 is 1.05 bits per heavy atom. The lowest BCUT2D eigenvalue weighted by Crippen LogP contribution is -2.40.